The van der Waals surface area contributed by atoms with Gasteiger partial charge in [-0.3, -0.25) is 0 Å². The van der Waals surface area contributed by atoms with E-state index in [2.05, 4.69) is 19.6 Å². The van der Waals surface area contributed by atoms with Gasteiger partial charge in [-0.25, -0.2) is 8.78 Å². The van der Waals surface area contributed by atoms with Crippen molar-refractivity contribution < 1.29 is 13.9 Å². The van der Waals surface area contributed by atoms with Gasteiger partial charge in [0.25, 0.3) is 0 Å². The minimum Gasteiger partial charge on any atom is -0.508 e. The maximum atomic E-state index is 13.7. The molecule has 0 atom stereocenters. The van der Waals surface area contributed by atoms with E-state index in [9.17, 15) is 13.9 Å². The molecule has 0 aliphatic carbocycles. The van der Waals surface area contributed by atoms with Crippen LogP contribution in [-0.4, -0.2) is 13.2 Å². The van der Waals surface area contributed by atoms with Gasteiger partial charge in [-0.2, -0.15) is 0 Å². The summed E-state index contributed by atoms with van der Waals surface area (Å²) in [6.07, 6.45) is 0.260. The van der Waals surface area contributed by atoms with E-state index in [1.165, 1.54) is 12.1 Å². The Hall–Kier alpha value is -1.68. The lowest BCUT2D eigenvalue weighted by atomic mass is 10.0. The molecule has 0 fully saturated rings. The second-order valence-corrected chi connectivity index (χ2v) is 11.0. The van der Waals surface area contributed by atoms with Crippen LogP contribution < -0.4 is 5.19 Å². The van der Waals surface area contributed by atoms with Gasteiger partial charge in [0.05, 0.1) is 8.07 Å². The molecular formula is C16H18F2OSi. The number of benzene rings is 2. The average Bonchev–Trinajstić information content (AvgIpc) is 2.33. The van der Waals surface area contributed by atoms with Crippen molar-refractivity contribution in [3.05, 3.63) is 59.2 Å². The third kappa shape index (κ3) is 3.07. The predicted molar refractivity (Wildman–Crippen MR) is 80.3 cm³/mol. The van der Waals surface area contributed by atoms with E-state index < -0.39 is 19.7 Å². The first-order chi connectivity index (χ1) is 9.29. The maximum absolute atomic E-state index is 13.7. The lowest BCUT2D eigenvalue weighted by Crippen LogP contribution is -2.38. The van der Waals surface area contributed by atoms with E-state index in [-0.39, 0.29) is 12.2 Å². The maximum Gasteiger partial charge on any atom is 0.129 e. The highest BCUT2D eigenvalue weighted by molar-refractivity contribution is 6.89. The molecule has 0 aromatic heterocycles. The Kier molecular flexibility index (Phi) is 3.95. The van der Waals surface area contributed by atoms with Crippen molar-refractivity contribution in [3.8, 4) is 5.75 Å². The van der Waals surface area contributed by atoms with Crippen LogP contribution in [0.15, 0.2) is 36.4 Å². The summed E-state index contributed by atoms with van der Waals surface area (Å²) < 4.78 is 26.6. The van der Waals surface area contributed by atoms with E-state index in [4.69, 9.17) is 0 Å². The summed E-state index contributed by atoms with van der Waals surface area (Å²) in [6, 6.07) is 9.11. The molecule has 1 N–H and O–H groups in total. The first-order valence-corrected chi connectivity index (χ1v) is 10.0. The molecule has 1 nitrogen and oxygen atoms in total. The number of hydrogen-bond acceptors (Lipinski definition) is 1. The van der Waals surface area contributed by atoms with Gasteiger partial charge in [-0.1, -0.05) is 43.9 Å². The molecular weight excluding hydrogens is 274 g/mol. The highest BCUT2D eigenvalue weighted by Crippen LogP contribution is 2.23. The third-order valence-electron chi connectivity index (χ3n) is 3.32. The predicted octanol–water partition coefficient (Wildman–Crippen LogP) is 3.81. The van der Waals surface area contributed by atoms with Gasteiger partial charge in [-0.05, 0) is 22.4 Å². The van der Waals surface area contributed by atoms with Gasteiger partial charge < -0.3 is 5.11 Å². The summed E-state index contributed by atoms with van der Waals surface area (Å²) in [5, 5.41) is 11.3. The van der Waals surface area contributed by atoms with E-state index in [1.807, 2.05) is 12.1 Å². The highest BCUT2D eigenvalue weighted by Gasteiger charge is 2.22. The molecule has 2 aromatic carbocycles. The van der Waals surface area contributed by atoms with Crippen molar-refractivity contribution in [2.75, 3.05) is 0 Å². The van der Waals surface area contributed by atoms with E-state index in [0.717, 1.165) is 11.3 Å². The number of phenols is 1. The molecule has 0 unspecified atom stereocenters. The van der Waals surface area contributed by atoms with Gasteiger partial charge in [0.1, 0.15) is 17.4 Å². The van der Waals surface area contributed by atoms with Crippen molar-refractivity contribution in [3.63, 3.8) is 0 Å². The molecule has 2 aromatic rings. The standard InChI is InChI=1S/C16H18F2OSi/c1-20(2,3)15-6-4-5-12(16(15)19)9-11-7-8-13(17)10-14(11)18/h4-8,10,19H,9H2,1-3H3. The molecule has 0 radical (unpaired) electrons. The zero-order valence-electron chi connectivity index (χ0n) is 11.9. The minimum absolute atomic E-state index is 0.246. The monoisotopic (exact) mass is 292 g/mol. The Morgan fingerprint density at radius 3 is 2.30 bits per heavy atom. The van der Waals surface area contributed by atoms with Gasteiger partial charge in [0.15, 0.2) is 0 Å². The SMILES string of the molecule is C[Si](C)(C)c1cccc(Cc2ccc(F)cc2F)c1O. The molecule has 0 aliphatic heterocycles. The topological polar surface area (TPSA) is 20.2 Å². The van der Waals surface area contributed by atoms with E-state index in [1.54, 1.807) is 6.07 Å². The molecule has 106 valence electrons. The summed E-state index contributed by atoms with van der Waals surface area (Å²) in [7, 11) is -1.65. The highest BCUT2D eigenvalue weighted by atomic mass is 28.3. The zero-order valence-corrected chi connectivity index (χ0v) is 12.9. The third-order valence-corrected chi connectivity index (χ3v) is 5.34. The number of rotatable bonds is 3. The Bertz CT molecular complexity index is 633. The van der Waals surface area contributed by atoms with Crippen LogP contribution in [0.25, 0.3) is 0 Å². The zero-order chi connectivity index (χ0) is 14.9. The number of aromatic hydroxyl groups is 1. The van der Waals surface area contributed by atoms with Crippen LogP contribution in [0.1, 0.15) is 11.1 Å². The first kappa shape index (κ1) is 14.7. The number of para-hydroxylation sites is 1. The lowest BCUT2D eigenvalue weighted by Gasteiger charge is -2.20. The Morgan fingerprint density at radius 2 is 1.70 bits per heavy atom. The van der Waals surface area contributed by atoms with Crippen LogP contribution in [-0.2, 0) is 6.42 Å². The fourth-order valence-electron chi connectivity index (χ4n) is 2.21. The Labute approximate surface area is 118 Å². The number of hydrogen-bond donors (Lipinski definition) is 1. The molecule has 0 aliphatic rings. The smallest absolute Gasteiger partial charge is 0.129 e. The summed E-state index contributed by atoms with van der Waals surface area (Å²) in [4.78, 5) is 0. The van der Waals surface area contributed by atoms with E-state index in [0.29, 0.717) is 11.1 Å². The average molecular weight is 292 g/mol. The molecule has 20 heavy (non-hydrogen) atoms. The van der Waals surface area contributed by atoms with Crippen molar-refractivity contribution in [2.45, 2.75) is 26.1 Å². The molecule has 0 amide bonds. The van der Waals surface area contributed by atoms with Gasteiger partial charge >= 0.3 is 0 Å². The summed E-state index contributed by atoms with van der Waals surface area (Å²) in [5.74, 6) is -0.926. The lowest BCUT2D eigenvalue weighted by molar-refractivity contribution is 0.473. The fourth-order valence-corrected chi connectivity index (χ4v) is 3.68. The van der Waals surface area contributed by atoms with Gasteiger partial charge in [0, 0.05) is 12.5 Å². The quantitative estimate of drug-likeness (QED) is 0.853. The molecule has 2 rings (SSSR count). The van der Waals surface area contributed by atoms with Gasteiger partial charge in [0.2, 0.25) is 0 Å². The molecule has 0 saturated heterocycles. The summed E-state index contributed by atoms with van der Waals surface area (Å²) in [6.45, 7) is 6.43. The van der Waals surface area contributed by atoms with Gasteiger partial charge in [-0.15, -0.1) is 0 Å². The van der Waals surface area contributed by atoms with Crippen molar-refractivity contribution in [2.24, 2.45) is 0 Å². The normalized spacial score (nSPS) is 11.7. The Balaban J connectivity index is 2.40. The van der Waals surface area contributed by atoms with Crippen LogP contribution in [0.4, 0.5) is 8.78 Å². The number of phenolic OH excluding ortho intramolecular Hbond substituents is 1. The van der Waals surface area contributed by atoms with Crippen molar-refractivity contribution in [1.29, 1.82) is 0 Å². The van der Waals surface area contributed by atoms with Crippen LogP contribution >= 0.6 is 0 Å². The van der Waals surface area contributed by atoms with Crippen LogP contribution in [0.3, 0.4) is 0 Å². The Morgan fingerprint density at radius 1 is 1.00 bits per heavy atom. The molecule has 0 heterocycles. The second kappa shape index (κ2) is 5.36. The largest absolute Gasteiger partial charge is 0.508 e. The van der Waals surface area contributed by atoms with Crippen LogP contribution in [0, 0.1) is 11.6 Å². The minimum atomic E-state index is -1.65. The molecule has 4 heteroatoms. The molecule has 0 bridgehead atoms. The van der Waals surface area contributed by atoms with Crippen LogP contribution in [0.5, 0.6) is 5.75 Å². The summed E-state index contributed by atoms with van der Waals surface area (Å²) >= 11 is 0. The van der Waals surface area contributed by atoms with Crippen LogP contribution in [0.2, 0.25) is 19.6 Å². The molecule has 0 saturated carbocycles. The number of halogens is 2. The first-order valence-electron chi connectivity index (χ1n) is 6.54. The van der Waals surface area contributed by atoms with Crippen molar-refractivity contribution in [1.82, 2.24) is 0 Å². The molecule has 0 spiro atoms. The van der Waals surface area contributed by atoms with Crippen molar-refractivity contribution >= 4 is 13.3 Å². The van der Waals surface area contributed by atoms with E-state index >= 15 is 0 Å². The fraction of sp³-hybridized carbons (Fsp3) is 0.250. The second-order valence-electron chi connectivity index (χ2n) is 5.98. The summed E-state index contributed by atoms with van der Waals surface area (Å²) in [5.41, 5.74) is 1.06.